The molecule has 4 rings (SSSR count). The Morgan fingerprint density at radius 2 is 2.00 bits per heavy atom. The zero-order valence-electron chi connectivity index (χ0n) is 15.3. The van der Waals surface area contributed by atoms with Gasteiger partial charge in [0.1, 0.15) is 12.4 Å². The number of fused-ring (bicyclic) bond motifs is 1. The molecule has 2 heterocycles. The summed E-state index contributed by atoms with van der Waals surface area (Å²) in [6.45, 7) is 2.31. The predicted molar refractivity (Wildman–Crippen MR) is 105 cm³/mol. The largest absolute Gasteiger partial charge is 0.491 e. The lowest BCUT2D eigenvalue weighted by Crippen LogP contribution is -2.32. The average Bonchev–Trinajstić information content (AvgIpc) is 3.16. The van der Waals surface area contributed by atoms with Gasteiger partial charge in [-0.25, -0.2) is 0 Å². The molecule has 1 aliphatic heterocycles. The van der Waals surface area contributed by atoms with Crippen LogP contribution in [0.4, 0.5) is 0 Å². The van der Waals surface area contributed by atoms with Crippen LogP contribution < -0.4 is 4.74 Å². The van der Waals surface area contributed by atoms with Crippen LogP contribution >= 0.6 is 11.6 Å². The Balaban J connectivity index is 1.43. The van der Waals surface area contributed by atoms with Gasteiger partial charge >= 0.3 is 0 Å². The zero-order valence-corrected chi connectivity index (χ0v) is 16.0. The van der Waals surface area contributed by atoms with Gasteiger partial charge < -0.3 is 18.8 Å². The SMILES string of the molecule is O=C(c1ccco1)N1CCOc2ccc(COCc3ccccc3Cl)cc2C1. The number of hydrogen-bond donors (Lipinski definition) is 0. The maximum absolute atomic E-state index is 12.6. The molecular formula is C22H20ClNO4. The summed E-state index contributed by atoms with van der Waals surface area (Å²) in [5, 5.41) is 0.699. The van der Waals surface area contributed by atoms with E-state index in [1.54, 1.807) is 17.0 Å². The maximum Gasteiger partial charge on any atom is 0.289 e. The molecule has 5 nitrogen and oxygen atoms in total. The van der Waals surface area contributed by atoms with E-state index < -0.39 is 0 Å². The topological polar surface area (TPSA) is 51.9 Å². The van der Waals surface area contributed by atoms with Crippen LogP contribution in [0.5, 0.6) is 5.75 Å². The highest BCUT2D eigenvalue weighted by atomic mass is 35.5. The third-order valence-electron chi connectivity index (χ3n) is 4.61. The van der Waals surface area contributed by atoms with Gasteiger partial charge in [-0.15, -0.1) is 0 Å². The van der Waals surface area contributed by atoms with Crippen molar-refractivity contribution in [1.82, 2.24) is 4.90 Å². The summed E-state index contributed by atoms with van der Waals surface area (Å²) < 4.78 is 16.9. The molecule has 0 atom stereocenters. The van der Waals surface area contributed by atoms with E-state index in [0.717, 1.165) is 22.4 Å². The molecule has 144 valence electrons. The van der Waals surface area contributed by atoms with Gasteiger partial charge in [0.25, 0.3) is 5.91 Å². The van der Waals surface area contributed by atoms with Crippen molar-refractivity contribution in [3.63, 3.8) is 0 Å². The van der Waals surface area contributed by atoms with Crippen molar-refractivity contribution >= 4 is 17.5 Å². The molecule has 0 fully saturated rings. The van der Waals surface area contributed by atoms with Gasteiger partial charge in [0.2, 0.25) is 0 Å². The fourth-order valence-electron chi connectivity index (χ4n) is 3.16. The van der Waals surface area contributed by atoms with E-state index in [9.17, 15) is 4.79 Å². The molecule has 2 aromatic carbocycles. The van der Waals surface area contributed by atoms with Crippen molar-refractivity contribution in [2.45, 2.75) is 19.8 Å². The summed E-state index contributed by atoms with van der Waals surface area (Å²) in [5.41, 5.74) is 2.93. The summed E-state index contributed by atoms with van der Waals surface area (Å²) in [4.78, 5) is 14.3. The van der Waals surface area contributed by atoms with Crippen LogP contribution in [0.2, 0.25) is 5.02 Å². The van der Waals surface area contributed by atoms with Crippen LogP contribution in [0.15, 0.2) is 65.3 Å². The number of benzene rings is 2. The number of hydrogen-bond acceptors (Lipinski definition) is 4. The molecule has 28 heavy (non-hydrogen) atoms. The van der Waals surface area contributed by atoms with Gasteiger partial charge in [-0.1, -0.05) is 35.9 Å². The number of rotatable bonds is 5. The van der Waals surface area contributed by atoms with Crippen LogP contribution in [0.1, 0.15) is 27.2 Å². The highest BCUT2D eigenvalue weighted by molar-refractivity contribution is 6.31. The van der Waals surface area contributed by atoms with Crippen molar-refractivity contribution in [2.75, 3.05) is 13.2 Å². The molecule has 0 spiro atoms. The van der Waals surface area contributed by atoms with E-state index in [4.69, 9.17) is 25.5 Å². The molecule has 1 aromatic heterocycles. The maximum atomic E-state index is 12.6. The van der Waals surface area contributed by atoms with E-state index in [1.807, 2.05) is 42.5 Å². The zero-order chi connectivity index (χ0) is 19.3. The summed E-state index contributed by atoms with van der Waals surface area (Å²) in [5.74, 6) is 0.995. The third kappa shape index (κ3) is 4.21. The molecule has 0 N–H and O–H groups in total. The fourth-order valence-corrected chi connectivity index (χ4v) is 3.35. The predicted octanol–water partition coefficient (Wildman–Crippen LogP) is 4.68. The quantitative estimate of drug-likeness (QED) is 0.627. The molecule has 0 saturated heterocycles. The van der Waals surface area contributed by atoms with Crippen molar-refractivity contribution in [1.29, 1.82) is 0 Å². The summed E-state index contributed by atoms with van der Waals surface area (Å²) >= 11 is 6.17. The fraction of sp³-hybridized carbons (Fsp3) is 0.227. The Morgan fingerprint density at radius 1 is 1.11 bits per heavy atom. The second kappa shape index (κ2) is 8.50. The first-order valence-corrected chi connectivity index (χ1v) is 9.47. The van der Waals surface area contributed by atoms with Gasteiger partial charge in [0.05, 0.1) is 26.0 Å². The number of halogens is 1. The molecule has 1 amide bonds. The molecule has 6 heteroatoms. The summed E-state index contributed by atoms with van der Waals surface area (Å²) in [7, 11) is 0. The van der Waals surface area contributed by atoms with Crippen LogP contribution in [0, 0.1) is 0 Å². The molecule has 0 bridgehead atoms. The number of amides is 1. The number of carbonyl (C=O) groups is 1. The first kappa shape index (κ1) is 18.6. The standard InChI is InChI=1S/C22H20ClNO4/c23-19-5-2-1-4-17(19)15-26-14-16-7-8-20-18(12-16)13-24(9-11-28-20)22(25)21-6-3-10-27-21/h1-8,10,12H,9,11,13-15H2. The van der Waals surface area contributed by atoms with Gasteiger partial charge in [0.15, 0.2) is 5.76 Å². The second-order valence-corrected chi connectivity index (χ2v) is 6.99. The number of nitrogens with zero attached hydrogens (tertiary/aromatic N) is 1. The molecule has 0 unspecified atom stereocenters. The third-order valence-corrected chi connectivity index (χ3v) is 4.98. The Morgan fingerprint density at radius 3 is 2.82 bits per heavy atom. The van der Waals surface area contributed by atoms with Crippen LogP contribution in [0.25, 0.3) is 0 Å². The average molecular weight is 398 g/mol. The van der Waals surface area contributed by atoms with E-state index in [2.05, 4.69) is 0 Å². The van der Waals surface area contributed by atoms with Crippen molar-refractivity contribution in [3.8, 4) is 5.75 Å². The Kier molecular flexibility index (Phi) is 5.65. The lowest BCUT2D eigenvalue weighted by atomic mass is 10.1. The molecular weight excluding hydrogens is 378 g/mol. The molecule has 3 aromatic rings. The Bertz CT molecular complexity index is 955. The number of ether oxygens (including phenoxy) is 2. The van der Waals surface area contributed by atoms with E-state index in [1.165, 1.54) is 6.26 Å². The van der Waals surface area contributed by atoms with Crippen LogP contribution in [-0.2, 0) is 24.5 Å². The summed E-state index contributed by atoms with van der Waals surface area (Å²) in [6, 6.07) is 17.0. The molecule has 0 aliphatic carbocycles. The van der Waals surface area contributed by atoms with Crippen molar-refractivity contribution < 1.29 is 18.7 Å². The van der Waals surface area contributed by atoms with E-state index in [-0.39, 0.29) is 5.91 Å². The highest BCUT2D eigenvalue weighted by Gasteiger charge is 2.22. The normalized spacial score (nSPS) is 13.5. The first-order chi connectivity index (χ1) is 13.7. The summed E-state index contributed by atoms with van der Waals surface area (Å²) in [6.07, 6.45) is 1.50. The lowest BCUT2D eigenvalue weighted by molar-refractivity contribution is 0.0701. The minimum absolute atomic E-state index is 0.137. The minimum Gasteiger partial charge on any atom is -0.491 e. The monoisotopic (exact) mass is 397 g/mol. The Hall–Kier alpha value is -2.76. The Labute approximate surface area is 168 Å². The minimum atomic E-state index is -0.137. The van der Waals surface area contributed by atoms with Crippen LogP contribution in [0.3, 0.4) is 0 Å². The van der Waals surface area contributed by atoms with Crippen LogP contribution in [-0.4, -0.2) is 24.0 Å². The number of furan rings is 1. The van der Waals surface area contributed by atoms with Crippen molar-refractivity contribution in [2.24, 2.45) is 0 Å². The highest BCUT2D eigenvalue weighted by Crippen LogP contribution is 2.26. The molecule has 0 saturated carbocycles. The molecule has 1 aliphatic rings. The number of carbonyl (C=O) groups excluding carboxylic acids is 1. The van der Waals surface area contributed by atoms with E-state index in [0.29, 0.717) is 43.7 Å². The lowest BCUT2D eigenvalue weighted by Gasteiger charge is -2.18. The van der Waals surface area contributed by atoms with Gasteiger partial charge in [-0.3, -0.25) is 4.79 Å². The van der Waals surface area contributed by atoms with Gasteiger partial charge in [-0.05, 0) is 41.5 Å². The second-order valence-electron chi connectivity index (χ2n) is 6.58. The first-order valence-electron chi connectivity index (χ1n) is 9.09. The van der Waals surface area contributed by atoms with E-state index >= 15 is 0 Å². The molecule has 0 radical (unpaired) electrons. The van der Waals surface area contributed by atoms with Gasteiger partial charge in [-0.2, -0.15) is 0 Å². The van der Waals surface area contributed by atoms with Crippen molar-refractivity contribution in [3.05, 3.63) is 88.3 Å². The smallest absolute Gasteiger partial charge is 0.289 e. The van der Waals surface area contributed by atoms with Gasteiger partial charge in [0, 0.05) is 17.1 Å².